The monoisotopic (exact) mass is 614 g/mol. The molecule has 0 fully saturated rings. The standard InChI is InChI=1S/C33H41F3N2O4Si/c1-31(2,3)42-30(39)38-29-25-19-20-28(33(34,35)36)37-26(25)22-40-27(29)18-13-21-41-43(32(4,5)6,23-14-9-7-10-15-23)24-16-11-8-12-17-24/h7-12,14-17,19-20,27,29H,13,18,21-22H2,1-6H3,(H,38,39)/t27-,29-/m0/s1. The Balaban J connectivity index is 1.57. The van der Waals surface area contributed by atoms with Crippen LogP contribution in [0.2, 0.25) is 5.04 Å². The molecule has 0 aliphatic carbocycles. The molecular formula is C33H41F3N2O4Si. The van der Waals surface area contributed by atoms with E-state index in [-0.39, 0.29) is 17.3 Å². The molecule has 0 saturated heterocycles. The molecule has 3 aromatic rings. The molecule has 4 rings (SSSR count). The normalized spacial score (nSPS) is 17.7. The van der Waals surface area contributed by atoms with Gasteiger partial charge in [-0.3, -0.25) is 0 Å². The van der Waals surface area contributed by atoms with E-state index >= 15 is 0 Å². The fourth-order valence-corrected chi connectivity index (χ4v) is 10.3. The maximum atomic E-state index is 13.4. The average molecular weight is 615 g/mol. The summed E-state index contributed by atoms with van der Waals surface area (Å²) in [5.41, 5.74) is -1.11. The summed E-state index contributed by atoms with van der Waals surface area (Å²) in [5.74, 6) is 0. The Morgan fingerprint density at radius 1 is 0.930 bits per heavy atom. The lowest BCUT2D eigenvalue weighted by Crippen LogP contribution is -2.66. The lowest BCUT2D eigenvalue weighted by atomic mass is 9.94. The molecule has 0 saturated carbocycles. The van der Waals surface area contributed by atoms with E-state index in [0.29, 0.717) is 25.0 Å². The number of carbonyl (C=O) groups is 1. The first-order valence-corrected chi connectivity index (χ1v) is 16.5. The largest absolute Gasteiger partial charge is 0.444 e. The Hall–Kier alpha value is -3.21. The number of amides is 1. The summed E-state index contributed by atoms with van der Waals surface area (Å²) in [6.45, 7) is 12.2. The van der Waals surface area contributed by atoms with E-state index in [0.717, 1.165) is 6.07 Å². The highest BCUT2D eigenvalue weighted by molar-refractivity contribution is 6.99. The third kappa shape index (κ3) is 7.66. The molecule has 0 spiro atoms. The highest BCUT2D eigenvalue weighted by Crippen LogP contribution is 2.38. The molecule has 6 nitrogen and oxygen atoms in total. The molecule has 232 valence electrons. The van der Waals surface area contributed by atoms with Gasteiger partial charge < -0.3 is 19.2 Å². The van der Waals surface area contributed by atoms with E-state index in [4.69, 9.17) is 13.9 Å². The number of rotatable bonds is 8. The number of carbonyl (C=O) groups excluding carboxylic acids is 1. The Morgan fingerprint density at radius 3 is 2.02 bits per heavy atom. The van der Waals surface area contributed by atoms with Crippen LogP contribution in [-0.2, 0) is 26.7 Å². The number of ether oxygens (including phenoxy) is 2. The van der Waals surface area contributed by atoms with Crippen molar-refractivity contribution in [2.45, 2.75) is 90.0 Å². The minimum absolute atomic E-state index is 0.0913. The van der Waals surface area contributed by atoms with Crippen molar-refractivity contribution in [1.29, 1.82) is 0 Å². The first-order chi connectivity index (χ1) is 20.1. The summed E-state index contributed by atoms with van der Waals surface area (Å²) in [5, 5.41) is 5.00. The van der Waals surface area contributed by atoms with Crippen LogP contribution in [0.3, 0.4) is 0 Å². The van der Waals surface area contributed by atoms with Gasteiger partial charge in [-0.1, -0.05) is 87.5 Å². The lowest BCUT2D eigenvalue weighted by Gasteiger charge is -2.43. The number of alkyl carbamates (subject to hydrolysis) is 1. The number of nitrogens with zero attached hydrogens (tertiary/aromatic N) is 1. The average Bonchev–Trinajstić information content (AvgIpc) is 2.92. The molecule has 1 amide bonds. The zero-order valence-corrected chi connectivity index (χ0v) is 26.6. The number of hydrogen-bond donors (Lipinski definition) is 1. The van der Waals surface area contributed by atoms with Gasteiger partial charge in [0.15, 0.2) is 0 Å². The third-order valence-corrected chi connectivity index (χ3v) is 12.5. The van der Waals surface area contributed by atoms with Crippen molar-refractivity contribution >= 4 is 24.8 Å². The van der Waals surface area contributed by atoms with Crippen molar-refractivity contribution in [1.82, 2.24) is 10.3 Å². The minimum Gasteiger partial charge on any atom is -0.444 e. The number of pyridine rings is 1. The Morgan fingerprint density at radius 2 is 1.51 bits per heavy atom. The zero-order valence-electron chi connectivity index (χ0n) is 25.6. The Labute approximate surface area is 253 Å². The van der Waals surface area contributed by atoms with E-state index in [1.54, 1.807) is 20.8 Å². The molecule has 2 aromatic carbocycles. The van der Waals surface area contributed by atoms with Crippen molar-refractivity contribution in [2.24, 2.45) is 0 Å². The second-order valence-corrected chi connectivity index (χ2v) is 17.2. The van der Waals surface area contributed by atoms with Gasteiger partial charge in [0.1, 0.15) is 11.3 Å². The fraction of sp³-hybridized carbons (Fsp3) is 0.455. The van der Waals surface area contributed by atoms with Gasteiger partial charge in [-0.25, -0.2) is 9.78 Å². The van der Waals surface area contributed by atoms with Gasteiger partial charge in [0.05, 0.1) is 24.4 Å². The summed E-state index contributed by atoms with van der Waals surface area (Å²) in [6.07, 6.45) is -4.67. The summed E-state index contributed by atoms with van der Waals surface area (Å²) in [6, 6.07) is 22.3. The van der Waals surface area contributed by atoms with Crippen molar-refractivity contribution in [3.63, 3.8) is 0 Å². The molecule has 0 bridgehead atoms. The molecule has 1 aliphatic rings. The van der Waals surface area contributed by atoms with Gasteiger partial charge in [0, 0.05) is 12.2 Å². The molecule has 43 heavy (non-hydrogen) atoms. The first-order valence-electron chi connectivity index (χ1n) is 14.5. The summed E-state index contributed by atoms with van der Waals surface area (Å²) in [7, 11) is -2.74. The molecule has 2 heterocycles. The van der Waals surface area contributed by atoms with Crippen LogP contribution >= 0.6 is 0 Å². The molecule has 1 N–H and O–H groups in total. The van der Waals surface area contributed by atoms with E-state index < -0.39 is 44.0 Å². The quantitative estimate of drug-likeness (QED) is 0.220. The van der Waals surface area contributed by atoms with E-state index in [2.05, 4.69) is 55.3 Å². The smallest absolute Gasteiger partial charge is 0.433 e. The molecule has 2 atom stereocenters. The summed E-state index contributed by atoms with van der Waals surface area (Å²) in [4.78, 5) is 16.6. The van der Waals surface area contributed by atoms with Crippen LogP contribution in [0.4, 0.5) is 18.0 Å². The number of halogens is 3. The fourth-order valence-electron chi connectivity index (χ4n) is 5.68. The SMILES string of the molecule is CC(C)(C)OC(=O)N[C@H]1c2ccc(C(F)(F)F)nc2CO[C@H]1CCCO[Si](c1ccccc1)(c1ccccc1)C(C)(C)C. The number of aromatic nitrogens is 1. The van der Waals surface area contributed by atoms with Gasteiger partial charge in [0.2, 0.25) is 0 Å². The molecule has 10 heteroatoms. The van der Waals surface area contributed by atoms with Crippen molar-refractivity contribution in [3.8, 4) is 0 Å². The van der Waals surface area contributed by atoms with Gasteiger partial charge in [-0.15, -0.1) is 0 Å². The van der Waals surface area contributed by atoms with Gasteiger partial charge >= 0.3 is 12.3 Å². The summed E-state index contributed by atoms with van der Waals surface area (Å²) < 4.78 is 58.6. The number of fused-ring (bicyclic) bond motifs is 1. The highest BCUT2D eigenvalue weighted by atomic mass is 28.4. The van der Waals surface area contributed by atoms with Crippen LogP contribution in [0, 0.1) is 0 Å². The van der Waals surface area contributed by atoms with E-state index in [9.17, 15) is 18.0 Å². The third-order valence-electron chi connectivity index (χ3n) is 7.48. The van der Waals surface area contributed by atoms with Gasteiger partial charge in [0.25, 0.3) is 8.32 Å². The van der Waals surface area contributed by atoms with Crippen LogP contribution in [0.1, 0.15) is 77.4 Å². The minimum atomic E-state index is -4.59. The Bertz CT molecular complexity index is 1330. The van der Waals surface area contributed by atoms with Crippen LogP contribution in [-0.4, -0.2) is 37.7 Å². The summed E-state index contributed by atoms with van der Waals surface area (Å²) >= 11 is 0. The van der Waals surface area contributed by atoms with Crippen molar-refractivity contribution in [3.05, 3.63) is 89.7 Å². The van der Waals surface area contributed by atoms with E-state index in [1.165, 1.54) is 16.4 Å². The first kappa shape index (κ1) is 32.7. The highest BCUT2D eigenvalue weighted by Gasteiger charge is 2.50. The predicted octanol–water partition coefficient (Wildman–Crippen LogP) is 6.92. The van der Waals surface area contributed by atoms with Crippen LogP contribution < -0.4 is 15.7 Å². The molecule has 0 radical (unpaired) electrons. The molecule has 0 unspecified atom stereocenters. The van der Waals surface area contributed by atoms with Gasteiger partial charge in [-0.05, 0) is 55.1 Å². The number of hydrogen-bond acceptors (Lipinski definition) is 5. The maximum Gasteiger partial charge on any atom is 0.433 e. The predicted molar refractivity (Wildman–Crippen MR) is 163 cm³/mol. The van der Waals surface area contributed by atoms with Gasteiger partial charge in [-0.2, -0.15) is 13.2 Å². The number of alkyl halides is 3. The second kappa shape index (κ2) is 12.8. The topological polar surface area (TPSA) is 69.7 Å². The lowest BCUT2D eigenvalue weighted by molar-refractivity contribution is -0.141. The number of nitrogens with one attached hydrogen (secondary N) is 1. The van der Waals surface area contributed by atoms with Crippen LogP contribution in [0.15, 0.2) is 72.8 Å². The van der Waals surface area contributed by atoms with Crippen molar-refractivity contribution < 1.29 is 31.9 Å². The maximum absolute atomic E-state index is 13.4. The second-order valence-electron chi connectivity index (χ2n) is 12.9. The Kier molecular flexibility index (Phi) is 9.73. The van der Waals surface area contributed by atoms with Crippen LogP contribution in [0.25, 0.3) is 0 Å². The van der Waals surface area contributed by atoms with Crippen LogP contribution in [0.5, 0.6) is 0 Å². The molecule has 1 aliphatic heterocycles. The molecule has 1 aromatic heterocycles. The van der Waals surface area contributed by atoms with Crippen molar-refractivity contribution in [2.75, 3.05) is 6.61 Å². The molecular weight excluding hydrogens is 573 g/mol. The van der Waals surface area contributed by atoms with E-state index in [1.807, 2.05) is 36.4 Å². The number of benzene rings is 2. The zero-order chi connectivity index (χ0) is 31.5.